The van der Waals surface area contributed by atoms with E-state index in [2.05, 4.69) is 24.5 Å². The average molecular weight is 490 g/mol. The third-order valence-electron chi connectivity index (χ3n) is 6.54. The zero-order valence-corrected chi connectivity index (χ0v) is 20.6. The number of rotatable bonds is 5. The van der Waals surface area contributed by atoms with Crippen molar-refractivity contribution in [3.63, 3.8) is 0 Å². The van der Waals surface area contributed by atoms with E-state index in [1.807, 2.05) is 46.7 Å². The summed E-state index contributed by atoms with van der Waals surface area (Å²) in [5.41, 5.74) is 3.79. The van der Waals surface area contributed by atoms with Crippen LogP contribution in [-0.2, 0) is 16.1 Å². The Balaban J connectivity index is 1.60. The number of carbonyl (C=O) groups is 2. The molecule has 1 atom stereocenters. The van der Waals surface area contributed by atoms with E-state index in [0.717, 1.165) is 27.5 Å². The van der Waals surface area contributed by atoms with Gasteiger partial charge in [0.2, 0.25) is 5.91 Å². The first kappa shape index (κ1) is 23.3. The van der Waals surface area contributed by atoms with Gasteiger partial charge >= 0.3 is 0 Å². The Bertz CT molecular complexity index is 1280. The van der Waals surface area contributed by atoms with Crippen molar-refractivity contribution in [1.29, 1.82) is 0 Å². The highest BCUT2D eigenvalue weighted by Crippen LogP contribution is 2.48. The maximum absolute atomic E-state index is 13.9. The molecule has 1 unspecified atom stereocenters. The number of amides is 1. The first-order valence-electron chi connectivity index (χ1n) is 11.7. The van der Waals surface area contributed by atoms with Gasteiger partial charge < -0.3 is 15.5 Å². The molecule has 2 heterocycles. The molecular formula is C28H28FN3O2S. The highest BCUT2D eigenvalue weighted by Gasteiger charge is 2.41. The molecule has 0 saturated carbocycles. The number of nitrogens with one attached hydrogen (secondary N) is 2. The molecule has 0 saturated heterocycles. The smallest absolute Gasteiger partial charge is 0.239 e. The fraction of sp³-hybridized carbons (Fsp3) is 0.286. The lowest BCUT2D eigenvalue weighted by atomic mass is 9.73. The second-order valence-electron chi connectivity index (χ2n) is 9.91. The first-order chi connectivity index (χ1) is 16.8. The van der Waals surface area contributed by atoms with Crippen LogP contribution in [0.1, 0.15) is 43.2 Å². The maximum atomic E-state index is 13.9. The highest BCUT2D eigenvalue weighted by atomic mass is 32.1. The molecule has 0 fully saturated rings. The third kappa shape index (κ3) is 4.86. The van der Waals surface area contributed by atoms with E-state index in [1.165, 1.54) is 12.1 Å². The van der Waals surface area contributed by atoms with Crippen LogP contribution in [0.2, 0.25) is 0 Å². The monoisotopic (exact) mass is 489 g/mol. The van der Waals surface area contributed by atoms with Crippen molar-refractivity contribution in [3.05, 3.63) is 93.6 Å². The van der Waals surface area contributed by atoms with Gasteiger partial charge in [-0.1, -0.05) is 44.2 Å². The molecule has 5 rings (SSSR count). The lowest BCUT2D eigenvalue weighted by Gasteiger charge is -2.37. The fourth-order valence-corrected chi connectivity index (χ4v) is 5.67. The molecule has 2 aliphatic rings. The molecule has 0 spiro atoms. The molecule has 0 radical (unpaired) electrons. The summed E-state index contributed by atoms with van der Waals surface area (Å²) in [4.78, 5) is 29.8. The largest absolute Gasteiger partial charge is 0.357 e. The minimum atomic E-state index is -0.516. The summed E-state index contributed by atoms with van der Waals surface area (Å²) in [5, 5.41) is 8.52. The second-order valence-corrected chi connectivity index (χ2v) is 10.9. The van der Waals surface area contributed by atoms with Crippen LogP contribution in [0.25, 0.3) is 0 Å². The van der Waals surface area contributed by atoms with Gasteiger partial charge in [-0.25, -0.2) is 4.39 Å². The molecule has 1 aliphatic carbocycles. The number of allylic oxidation sites excluding steroid dienone is 1. The van der Waals surface area contributed by atoms with Gasteiger partial charge in [0.1, 0.15) is 5.82 Å². The van der Waals surface area contributed by atoms with Gasteiger partial charge in [-0.2, -0.15) is 0 Å². The van der Waals surface area contributed by atoms with Crippen LogP contribution >= 0.6 is 11.3 Å². The van der Waals surface area contributed by atoms with E-state index in [0.29, 0.717) is 25.0 Å². The molecule has 2 aromatic carbocycles. The summed E-state index contributed by atoms with van der Waals surface area (Å²) < 4.78 is 13.9. The number of hydrogen-bond acceptors (Lipinski definition) is 5. The highest BCUT2D eigenvalue weighted by molar-refractivity contribution is 7.09. The van der Waals surface area contributed by atoms with Crippen molar-refractivity contribution in [3.8, 4) is 0 Å². The van der Waals surface area contributed by atoms with E-state index in [-0.39, 0.29) is 29.5 Å². The van der Waals surface area contributed by atoms with Gasteiger partial charge in [-0.05, 0) is 53.1 Å². The third-order valence-corrected chi connectivity index (χ3v) is 7.42. The van der Waals surface area contributed by atoms with Gasteiger partial charge in [-0.3, -0.25) is 9.59 Å². The van der Waals surface area contributed by atoms with Crippen molar-refractivity contribution in [2.75, 3.05) is 16.8 Å². The molecule has 1 aromatic heterocycles. The molecule has 0 bridgehead atoms. The molecule has 35 heavy (non-hydrogen) atoms. The Labute approximate surface area is 208 Å². The van der Waals surface area contributed by atoms with Gasteiger partial charge in [0, 0.05) is 22.6 Å². The number of ketones is 1. The second kappa shape index (κ2) is 9.30. The van der Waals surface area contributed by atoms with E-state index < -0.39 is 6.04 Å². The summed E-state index contributed by atoms with van der Waals surface area (Å²) in [5.74, 6) is -0.436. The SMILES string of the molecule is CC1(C)CC(=O)C2=C(C1)Nc1ccccc1N(CC(=O)NCc1cccs1)C2c1ccc(F)cc1. The van der Waals surface area contributed by atoms with Crippen molar-refractivity contribution >= 4 is 34.4 Å². The first-order valence-corrected chi connectivity index (χ1v) is 12.6. The quantitative estimate of drug-likeness (QED) is 0.474. The van der Waals surface area contributed by atoms with Crippen LogP contribution in [0.4, 0.5) is 15.8 Å². The molecule has 2 N–H and O–H groups in total. The summed E-state index contributed by atoms with van der Waals surface area (Å²) in [6, 6.07) is 17.5. The van der Waals surface area contributed by atoms with Crippen molar-refractivity contribution in [2.45, 2.75) is 39.3 Å². The number of carbonyl (C=O) groups excluding carboxylic acids is 2. The minimum absolute atomic E-state index is 0.0508. The van der Waals surface area contributed by atoms with Crippen LogP contribution < -0.4 is 15.5 Å². The average Bonchev–Trinajstić information content (AvgIpc) is 3.29. The zero-order valence-electron chi connectivity index (χ0n) is 19.8. The maximum Gasteiger partial charge on any atom is 0.239 e. The fourth-order valence-electron chi connectivity index (χ4n) is 5.03. The Hall–Kier alpha value is -3.45. The number of fused-ring (bicyclic) bond motifs is 1. The summed E-state index contributed by atoms with van der Waals surface area (Å²) in [6.45, 7) is 4.69. The number of hydrogen-bond donors (Lipinski definition) is 2. The van der Waals surface area contributed by atoms with Gasteiger partial charge in [0.05, 0.1) is 30.5 Å². The number of halogens is 1. The number of thiophene rings is 1. The van der Waals surface area contributed by atoms with Crippen molar-refractivity contribution < 1.29 is 14.0 Å². The number of nitrogens with zero attached hydrogens (tertiary/aromatic N) is 1. The Morgan fingerprint density at radius 1 is 1.11 bits per heavy atom. The van der Waals surface area contributed by atoms with E-state index >= 15 is 0 Å². The molecule has 180 valence electrons. The predicted octanol–water partition coefficient (Wildman–Crippen LogP) is 5.82. The lowest BCUT2D eigenvalue weighted by molar-refractivity contribution is -0.120. The van der Waals surface area contributed by atoms with Crippen LogP contribution in [0, 0.1) is 11.2 Å². The normalized spacial score (nSPS) is 18.9. The number of para-hydroxylation sites is 2. The zero-order chi connectivity index (χ0) is 24.6. The van der Waals surface area contributed by atoms with E-state index in [1.54, 1.807) is 23.5 Å². The van der Waals surface area contributed by atoms with E-state index in [9.17, 15) is 14.0 Å². The molecule has 5 nitrogen and oxygen atoms in total. The number of Topliss-reactive ketones (excluding diaryl/α,β-unsaturated/α-hetero) is 1. The summed E-state index contributed by atoms with van der Waals surface area (Å²) >= 11 is 1.59. The molecule has 1 amide bonds. The summed E-state index contributed by atoms with van der Waals surface area (Å²) in [7, 11) is 0. The molecule has 7 heteroatoms. The number of benzene rings is 2. The van der Waals surface area contributed by atoms with Gasteiger partial charge in [0.15, 0.2) is 5.78 Å². The van der Waals surface area contributed by atoms with E-state index in [4.69, 9.17) is 0 Å². The molecule has 1 aliphatic heterocycles. The Kier molecular flexibility index (Phi) is 6.19. The van der Waals surface area contributed by atoms with Crippen molar-refractivity contribution in [2.24, 2.45) is 5.41 Å². The molecule has 3 aromatic rings. The Morgan fingerprint density at radius 2 is 1.89 bits per heavy atom. The summed E-state index contributed by atoms with van der Waals surface area (Å²) in [6.07, 6.45) is 1.12. The topological polar surface area (TPSA) is 61.4 Å². The predicted molar refractivity (Wildman–Crippen MR) is 138 cm³/mol. The van der Waals surface area contributed by atoms with Crippen molar-refractivity contribution in [1.82, 2.24) is 5.32 Å². The van der Waals surface area contributed by atoms with Crippen LogP contribution in [0.15, 0.2) is 77.3 Å². The van der Waals surface area contributed by atoms with Crippen LogP contribution in [0.5, 0.6) is 0 Å². The lowest BCUT2D eigenvalue weighted by Crippen LogP contribution is -2.41. The van der Waals surface area contributed by atoms with Crippen LogP contribution in [0.3, 0.4) is 0 Å². The minimum Gasteiger partial charge on any atom is -0.357 e. The van der Waals surface area contributed by atoms with Gasteiger partial charge in [-0.15, -0.1) is 11.3 Å². The Morgan fingerprint density at radius 3 is 2.63 bits per heavy atom. The van der Waals surface area contributed by atoms with Crippen LogP contribution in [-0.4, -0.2) is 18.2 Å². The molecular weight excluding hydrogens is 461 g/mol. The standard InChI is InChI=1S/C28H28FN3O2S/c1-28(2)14-22-26(24(33)15-28)27(18-9-11-19(29)12-10-18)32(23-8-4-3-7-21(23)31-22)17-25(34)30-16-20-6-5-13-35-20/h3-13,27,31H,14-17H2,1-2H3,(H,30,34). The van der Waals surface area contributed by atoms with Gasteiger partial charge in [0.25, 0.3) is 0 Å². The number of anilines is 2.